The van der Waals surface area contributed by atoms with Gasteiger partial charge in [0.15, 0.2) is 0 Å². The smallest absolute Gasteiger partial charge is 0.337 e. The molecule has 0 spiro atoms. The van der Waals surface area contributed by atoms with Crippen LogP contribution in [0.1, 0.15) is 21.7 Å². The van der Waals surface area contributed by atoms with Gasteiger partial charge in [0, 0.05) is 20.6 Å². The number of carbonyl (C=O) groups is 1. The highest BCUT2D eigenvalue weighted by atomic mass is 127. The molecule has 3 nitrogen and oxygen atoms in total. The van der Waals surface area contributed by atoms with Gasteiger partial charge in [-0.1, -0.05) is 11.6 Å². The first-order valence-corrected chi connectivity index (χ1v) is 6.75. The second-order valence-corrected chi connectivity index (χ2v) is 5.59. The van der Waals surface area contributed by atoms with E-state index in [-0.39, 0.29) is 10.6 Å². The summed E-state index contributed by atoms with van der Waals surface area (Å²) in [6.07, 6.45) is 0. The van der Waals surface area contributed by atoms with Gasteiger partial charge in [-0.25, -0.2) is 4.79 Å². The van der Waals surface area contributed by atoms with Gasteiger partial charge in [-0.2, -0.15) is 0 Å². The maximum Gasteiger partial charge on any atom is 0.337 e. The lowest BCUT2D eigenvalue weighted by Gasteiger charge is -2.11. The van der Waals surface area contributed by atoms with Crippen LogP contribution in [-0.4, -0.2) is 15.6 Å². The van der Waals surface area contributed by atoms with Crippen molar-refractivity contribution in [2.45, 2.75) is 13.8 Å². The van der Waals surface area contributed by atoms with Crippen molar-refractivity contribution in [3.63, 3.8) is 0 Å². The Hall–Kier alpha value is -1.01. The van der Waals surface area contributed by atoms with Crippen LogP contribution in [0.4, 0.5) is 0 Å². The Balaban J connectivity index is 2.65. The Kier molecular flexibility index (Phi) is 3.68. The van der Waals surface area contributed by atoms with Gasteiger partial charge in [0.25, 0.3) is 0 Å². The lowest BCUT2D eigenvalue weighted by Crippen LogP contribution is -2.03. The summed E-state index contributed by atoms with van der Waals surface area (Å²) >= 11 is 8.13. The molecule has 0 amide bonds. The number of rotatable bonds is 2. The van der Waals surface area contributed by atoms with E-state index in [1.807, 2.05) is 24.5 Å². The third-order valence-electron chi connectivity index (χ3n) is 2.81. The van der Waals surface area contributed by atoms with Gasteiger partial charge >= 0.3 is 5.97 Å². The van der Waals surface area contributed by atoms with E-state index in [1.54, 1.807) is 12.1 Å². The fourth-order valence-electron chi connectivity index (χ4n) is 1.94. The van der Waals surface area contributed by atoms with E-state index in [1.165, 1.54) is 0 Å². The second kappa shape index (κ2) is 4.93. The molecule has 1 heterocycles. The number of hydrogen-bond acceptors (Lipinski definition) is 1. The molecule has 1 aromatic carbocycles. The number of aryl methyl sites for hydroxylation is 1. The Bertz CT molecular complexity index is 634. The van der Waals surface area contributed by atoms with Crippen LogP contribution >= 0.6 is 34.2 Å². The van der Waals surface area contributed by atoms with Crippen molar-refractivity contribution in [2.75, 3.05) is 0 Å². The highest BCUT2D eigenvalue weighted by Crippen LogP contribution is 2.25. The number of aromatic nitrogens is 1. The summed E-state index contributed by atoms with van der Waals surface area (Å²) in [4.78, 5) is 11.1. The first kappa shape index (κ1) is 13.4. The predicted octanol–water partition coefficient (Wildman–Crippen LogP) is 4.05. The van der Waals surface area contributed by atoms with E-state index in [9.17, 15) is 4.79 Å². The number of carboxylic acid groups (broad SMARTS) is 1. The van der Waals surface area contributed by atoms with E-state index >= 15 is 0 Å². The molecule has 94 valence electrons. The summed E-state index contributed by atoms with van der Waals surface area (Å²) in [5, 5.41) is 9.34. The normalized spacial score (nSPS) is 10.7. The van der Waals surface area contributed by atoms with Crippen LogP contribution in [0.15, 0.2) is 24.3 Å². The second-order valence-electron chi connectivity index (χ2n) is 4.02. The third-order valence-corrected chi connectivity index (χ3v) is 4.23. The van der Waals surface area contributed by atoms with Crippen molar-refractivity contribution in [2.24, 2.45) is 0 Å². The molecular formula is C13H11ClINO2. The van der Waals surface area contributed by atoms with Crippen LogP contribution < -0.4 is 0 Å². The topological polar surface area (TPSA) is 42.2 Å². The van der Waals surface area contributed by atoms with Gasteiger partial charge < -0.3 is 9.67 Å². The van der Waals surface area contributed by atoms with Crippen LogP contribution in [0.5, 0.6) is 0 Å². The molecule has 2 aromatic rings. The van der Waals surface area contributed by atoms with Crippen LogP contribution in [0.3, 0.4) is 0 Å². The highest BCUT2D eigenvalue weighted by molar-refractivity contribution is 14.1. The average Bonchev–Trinajstić information content (AvgIpc) is 2.54. The highest BCUT2D eigenvalue weighted by Gasteiger charge is 2.13. The van der Waals surface area contributed by atoms with Gasteiger partial charge in [0.2, 0.25) is 0 Å². The van der Waals surface area contributed by atoms with Gasteiger partial charge in [0.1, 0.15) is 0 Å². The molecule has 5 heteroatoms. The van der Waals surface area contributed by atoms with Gasteiger partial charge in [-0.15, -0.1) is 0 Å². The summed E-state index contributed by atoms with van der Waals surface area (Å²) in [6.45, 7) is 3.99. The molecule has 0 unspecified atom stereocenters. The number of carboxylic acids is 1. The zero-order chi connectivity index (χ0) is 13.4. The molecule has 0 atom stereocenters. The molecule has 0 aliphatic rings. The van der Waals surface area contributed by atoms with Gasteiger partial charge in [-0.05, 0) is 60.7 Å². The van der Waals surface area contributed by atoms with Crippen molar-refractivity contribution in [3.8, 4) is 5.69 Å². The fourth-order valence-corrected chi connectivity index (χ4v) is 2.83. The molecule has 0 aliphatic heterocycles. The average molecular weight is 376 g/mol. The lowest BCUT2D eigenvalue weighted by molar-refractivity contribution is 0.0697. The summed E-state index contributed by atoms with van der Waals surface area (Å²) in [5.41, 5.74) is 3.09. The number of hydrogen-bond donors (Lipinski definition) is 1. The van der Waals surface area contributed by atoms with Crippen molar-refractivity contribution < 1.29 is 9.90 Å². The summed E-state index contributed by atoms with van der Waals surface area (Å²) in [6, 6.07) is 7.10. The van der Waals surface area contributed by atoms with Crippen molar-refractivity contribution >= 4 is 40.2 Å². The Labute approximate surface area is 124 Å². The number of benzene rings is 1. The number of halogens is 2. The maximum atomic E-state index is 11.1. The number of aromatic carboxylic acids is 1. The molecule has 0 saturated carbocycles. The standard InChI is InChI=1S/C13H11ClINO2/c1-7-5-12(15)8(2)16(7)9-3-4-11(14)10(6-9)13(17)18/h3-6H,1-2H3,(H,17,18). The lowest BCUT2D eigenvalue weighted by atomic mass is 10.2. The molecule has 2 rings (SSSR count). The minimum Gasteiger partial charge on any atom is -0.478 e. The Morgan fingerprint density at radius 1 is 1.33 bits per heavy atom. The Morgan fingerprint density at radius 2 is 2.00 bits per heavy atom. The molecule has 1 aromatic heterocycles. The van der Waals surface area contributed by atoms with Crippen molar-refractivity contribution in [1.82, 2.24) is 4.57 Å². The minimum atomic E-state index is -1.01. The first-order chi connectivity index (χ1) is 8.41. The van der Waals surface area contributed by atoms with Crippen LogP contribution in [-0.2, 0) is 0 Å². The SMILES string of the molecule is Cc1cc(I)c(C)n1-c1ccc(Cl)c(C(=O)O)c1. The summed E-state index contributed by atoms with van der Waals surface area (Å²) < 4.78 is 3.17. The zero-order valence-corrected chi connectivity index (χ0v) is 12.8. The van der Waals surface area contributed by atoms with Crippen molar-refractivity contribution in [3.05, 3.63) is 49.8 Å². The largest absolute Gasteiger partial charge is 0.478 e. The molecule has 18 heavy (non-hydrogen) atoms. The van der Waals surface area contributed by atoms with Crippen LogP contribution in [0, 0.1) is 17.4 Å². The van der Waals surface area contributed by atoms with Gasteiger partial charge in [-0.3, -0.25) is 0 Å². The maximum absolute atomic E-state index is 11.1. The molecular weight excluding hydrogens is 365 g/mol. The monoisotopic (exact) mass is 375 g/mol. The molecule has 0 bridgehead atoms. The quantitative estimate of drug-likeness (QED) is 0.805. The van der Waals surface area contributed by atoms with E-state index in [2.05, 4.69) is 28.7 Å². The van der Waals surface area contributed by atoms with E-state index in [4.69, 9.17) is 16.7 Å². The van der Waals surface area contributed by atoms with Gasteiger partial charge in [0.05, 0.1) is 10.6 Å². The predicted molar refractivity (Wildman–Crippen MR) is 79.9 cm³/mol. The molecule has 1 N–H and O–H groups in total. The zero-order valence-electron chi connectivity index (χ0n) is 9.87. The van der Waals surface area contributed by atoms with Crippen LogP contribution in [0.2, 0.25) is 5.02 Å². The van der Waals surface area contributed by atoms with E-state index < -0.39 is 5.97 Å². The van der Waals surface area contributed by atoms with E-state index in [0.717, 1.165) is 20.6 Å². The first-order valence-electron chi connectivity index (χ1n) is 5.29. The molecule has 0 fully saturated rings. The number of nitrogens with zero attached hydrogens (tertiary/aromatic N) is 1. The summed E-state index contributed by atoms with van der Waals surface area (Å²) in [7, 11) is 0. The molecule has 0 saturated heterocycles. The summed E-state index contributed by atoms with van der Waals surface area (Å²) in [5.74, 6) is -1.01. The van der Waals surface area contributed by atoms with E-state index in [0.29, 0.717) is 0 Å². The Morgan fingerprint density at radius 3 is 2.50 bits per heavy atom. The van der Waals surface area contributed by atoms with Crippen molar-refractivity contribution in [1.29, 1.82) is 0 Å². The fraction of sp³-hybridized carbons (Fsp3) is 0.154. The molecule has 0 radical (unpaired) electrons. The minimum absolute atomic E-state index is 0.122. The third kappa shape index (κ3) is 2.27. The molecule has 0 aliphatic carbocycles. The van der Waals surface area contributed by atoms with Crippen LogP contribution in [0.25, 0.3) is 5.69 Å².